The van der Waals surface area contributed by atoms with E-state index in [2.05, 4.69) is 15.6 Å². The van der Waals surface area contributed by atoms with E-state index in [0.717, 1.165) is 24.5 Å². The second-order valence-corrected chi connectivity index (χ2v) is 8.98. The topological polar surface area (TPSA) is 148 Å². The highest BCUT2D eigenvalue weighted by Crippen LogP contribution is 2.22. The molecule has 0 spiro atoms. The molecule has 0 atom stereocenters. The van der Waals surface area contributed by atoms with Crippen LogP contribution in [0.2, 0.25) is 0 Å². The summed E-state index contributed by atoms with van der Waals surface area (Å²) in [6.45, 7) is 0. The molecule has 2 N–H and O–H groups in total. The van der Waals surface area contributed by atoms with Crippen LogP contribution in [0.3, 0.4) is 0 Å². The van der Waals surface area contributed by atoms with Crippen LogP contribution in [0.5, 0.6) is 0 Å². The summed E-state index contributed by atoms with van der Waals surface area (Å²) in [5, 5.41) is 18.4. The van der Waals surface area contributed by atoms with Gasteiger partial charge in [-0.15, -0.1) is 11.3 Å². The van der Waals surface area contributed by atoms with E-state index in [9.17, 15) is 28.1 Å². The van der Waals surface area contributed by atoms with Gasteiger partial charge in [-0.1, -0.05) is 0 Å². The highest BCUT2D eigenvalue weighted by atomic mass is 32.2. The van der Waals surface area contributed by atoms with Crippen LogP contribution in [0.25, 0.3) is 0 Å². The quantitative estimate of drug-likeness (QED) is 0.437. The van der Waals surface area contributed by atoms with Crippen molar-refractivity contribution in [2.45, 2.75) is 4.90 Å². The summed E-state index contributed by atoms with van der Waals surface area (Å²) in [6, 6.07) is 8.85. The van der Waals surface area contributed by atoms with Crippen molar-refractivity contribution in [1.29, 1.82) is 0 Å². The lowest BCUT2D eigenvalue weighted by Crippen LogP contribution is -2.14. The molecule has 0 saturated carbocycles. The maximum absolute atomic E-state index is 12.5. The lowest BCUT2D eigenvalue weighted by molar-refractivity contribution is -0.385. The number of aromatic nitrogens is 1. The monoisotopic (exact) mass is 446 g/mol. The van der Waals surface area contributed by atoms with Gasteiger partial charge >= 0.3 is 0 Å². The molecule has 2 aromatic carbocycles. The number of benzene rings is 2. The number of carbonyl (C=O) groups is 2. The van der Waals surface area contributed by atoms with Gasteiger partial charge in [-0.2, -0.15) is 0 Å². The number of hydrogen-bond acceptors (Lipinski definition) is 8. The number of rotatable bonds is 6. The number of non-ortho nitro benzene ring substituents is 1. The fourth-order valence-corrected chi connectivity index (χ4v) is 3.60. The third kappa shape index (κ3) is 5.04. The Bertz CT molecular complexity index is 1220. The predicted octanol–water partition coefficient (Wildman–Crippen LogP) is 2.96. The average molecular weight is 446 g/mol. The Morgan fingerprint density at radius 2 is 1.70 bits per heavy atom. The summed E-state index contributed by atoms with van der Waals surface area (Å²) in [7, 11) is -3.76. The molecule has 0 radical (unpaired) electrons. The van der Waals surface area contributed by atoms with Crippen LogP contribution < -0.4 is 10.6 Å². The molecule has 12 heteroatoms. The minimum Gasteiger partial charge on any atom is -0.322 e. The van der Waals surface area contributed by atoms with Gasteiger partial charge in [-0.3, -0.25) is 25.0 Å². The molecule has 3 aromatic rings. The molecule has 0 fully saturated rings. The van der Waals surface area contributed by atoms with Crippen molar-refractivity contribution in [3.8, 4) is 0 Å². The highest BCUT2D eigenvalue weighted by Gasteiger charge is 2.19. The van der Waals surface area contributed by atoms with Crippen LogP contribution in [-0.4, -0.2) is 36.4 Å². The first-order chi connectivity index (χ1) is 14.1. The van der Waals surface area contributed by atoms with Crippen LogP contribution >= 0.6 is 11.3 Å². The molecule has 0 aliphatic carbocycles. The molecular formula is C18H14N4O6S2. The number of amides is 2. The number of nitro groups is 1. The number of nitrogens with zero attached hydrogens (tertiary/aromatic N) is 2. The minimum absolute atomic E-state index is 0.185. The highest BCUT2D eigenvalue weighted by molar-refractivity contribution is 7.90. The fraction of sp³-hybridized carbons (Fsp3) is 0.0556. The zero-order chi connectivity index (χ0) is 21.9. The molecule has 10 nitrogen and oxygen atoms in total. The summed E-state index contributed by atoms with van der Waals surface area (Å²) >= 11 is 1.27. The van der Waals surface area contributed by atoms with E-state index in [1.54, 1.807) is 11.6 Å². The van der Waals surface area contributed by atoms with Gasteiger partial charge in [0.05, 0.1) is 9.82 Å². The van der Waals surface area contributed by atoms with Crippen molar-refractivity contribution in [3.05, 3.63) is 75.3 Å². The van der Waals surface area contributed by atoms with E-state index < -0.39 is 26.4 Å². The molecule has 1 heterocycles. The second kappa shape index (κ2) is 8.39. The normalized spacial score (nSPS) is 11.0. The zero-order valence-corrected chi connectivity index (χ0v) is 17.0. The van der Waals surface area contributed by atoms with E-state index in [-0.39, 0.29) is 16.4 Å². The van der Waals surface area contributed by atoms with Crippen LogP contribution in [-0.2, 0) is 9.84 Å². The number of nitro benzene ring substituents is 1. The first-order valence-electron chi connectivity index (χ1n) is 8.25. The number of anilines is 2. The van der Waals surface area contributed by atoms with Crippen molar-refractivity contribution in [3.63, 3.8) is 0 Å². The molecule has 1 aromatic heterocycles. The van der Waals surface area contributed by atoms with E-state index >= 15 is 0 Å². The molecule has 3 rings (SSSR count). The Balaban J connectivity index is 1.78. The van der Waals surface area contributed by atoms with Gasteiger partial charge < -0.3 is 5.32 Å². The van der Waals surface area contributed by atoms with Crippen LogP contribution in [0.4, 0.5) is 16.5 Å². The molecule has 2 amide bonds. The molecule has 154 valence electrons. The van der Waals surface area contributed by atoms with Gasteiger partial charge in [0.1, 0.15) is 0 Å². The third-order valence-electron chi connectivity index (χ3n) is 3.85. The van der Waals surface area contributed by atoms with Crippen molar-refractivity contribution in [2.24, 2.45) is 0 Å². The number of hydrogen-bond donors (Lipinski definition) is 2. The summed E-state index contributed by atoms with van der Waals surface area (Å²) in [5.74, 6) is -1.11. The number of carbonyl (C=O) groups excluding carboxylic acids is 2. The summed E-state index contributed by atoms with van der Waals surface area (Å²) < 4.78 is 23.5. The zero-order valence-electron chi connectivity index (χ0n) is 15.4. The van der Waals surface area contributed by atoms with Gasteiger partial charge in [0, 0.05) is 46.8 Å². The standard InChI is InChI=1S/C18H14N4O6S2/c1-30(27,28)15-9-12(8-14(10-15)22(25)26)17(24)20-13-4-2-11(3-5-13)16(23)21-18-19-6-7-29-18/h2-10H,1H3,(H,20,24)(H,19,21,23). The maximum Gasteiger partial charge on any atom is 0.271 e. The van der Waals surface area contributed by atoms with Gasteiger partial charge in [-0.25, -0.2) is 13.4 Å². The Labute approximate surface area is 174 Å². The van der Waals surface area contributed by atoms with Crippen molar-refractivity contribution < 1.29 is 22.9 Å². The number of thiazole rings is 1. The maximum atomic E-state index is 12.5. The van der Waals surface area contributed by atoms with Crippen molar-refractivity contribution in [2.75, 3.05) is 16.9 Å². The van der Waals surface area contributed by atoms with Crippen LogP contribution in [0, 0.1) is 10.1 Å². The molecule has 30 heavy (non-hydrogen) atoms. The minimum atomic E-state index is -3.76. The van der Waals surface area contributed by atoms with E-state index in [4.69, 9.17) is 0 Å². The number of sulfone groups is 1. The van der Waals surface area contributed by atoms with E-state index in [1.807, 2.05) is 0 Å². The third-order valence-corrected chi connectivity index (χ3v) is 5.63. The van der Waals surface area contributed by atoms with Gasteiger partial charge in [0.15, 0.2) is 15.0 Å². The first kappa shape index (κ1) is 21.1. The van der Waals surface area contributed by atoms with E-state index in [1.165, 1.54) is 35.6 Å². The van der Waals surface area contributed by atoms with Crippen molar-refractivity contribution in [1.82, 2.24) is 4.98 Å². The Hall–Kier alpha value is -3.64. The van der Waals surface area contributed by atoms with Crippen LogP contribution in [0.1, 0.15) is 20.7 Å². The summed E-state index contributed by atoms with van der Waals surface area (Å²) in [6.07, 6.45) is 2.45. The Morgan fingerprint density at radius 1 is 1.03 bits per heavy atom. The molecular weight excluding hydrogens is 432 g/mol. The average Bonchev–Trinajstić information content (AvgIpc) is 3.20. The number of nitrogens with one attached hydrogen (secondary N) is 2. The van der Waals surface area contributed by atoms with Crippen molar-refractivity contribution >= 4 is 49.5 Å². The first-order valence-corrected chi connectivity index (χ1v) is 11.0. The largest absolute Gasteiger partial charge is 0.322 e. The fourth-order valence-electron chi connectivity index (χ4n) is 2.40. The smallest absolute Gasteiger partial charge is 0.271 e. The Morgan fingerprint density at radius 3 is 2.27 bits per heavy atom. The lowest BCUT2D eigenvalue weighted by Gasteiger charge is -2.08. The second-order valence-electron chi connectivity index (χ2n) is 6.07. The van der Waals surface area contributed by atoms with Gasteiger partial charge in [0.2, 0.25) is 0 Å². The molecule has 0 saturated heterocycles. The molecule has 0 aliphatic heterocycles. The predicted molar refractivity (Wildman–Crippen MR) is 111 cm³/mol. The Kier molecular flexibility index (Phi) is 5.89. The van der Waals surface area contributed by atoms with E-state index in [0.29, 0.717) is 16.4 Å². The summed E-state index contributed by atoms with van der Waals surface area (Å²) in [4.78, 5) is 38.5. The summed E-state index contributed by atoms with van der Waals surface area (Å²) in [5.41, 5.74) is -0.0522. The molecule has 0 unspecified atom stereocenters. The van der Waals surface area contributed by atoms with Gasteiger partial charge in [-0.05, 0) is 30.3 Å². The SMILES string of the molecule is CS(=O)(=O)c1cc(C(=O)Nc2ccc(C(=O)Nc3nccs3)cc2)cc([N+](=O)[O-])c1. The lowest BCUT2D eigenvalue weighted by atomic mass is 10.1. The van der Waals surface area contributed by atoms with Gasteiger partial charge in [0.25, 0.3) is 17.5 Å². The van der Waals surface area contributed by atoms with Crippen LogP contribution in [0.15, 0.2) is 58.9 Å². The molecule has 0 bridgehead atoms. The molecule has 0 aliphatic rings.